The van der Waals surface area contributed by atoms with Gasteiger partial charge < -0.3 is 4.74 Å². The van der Waals surface area contributed by atoms with Gasteiger partial charge >= 0.3 is 0 Å². The van der Waals surface area contributed by atoms with Crippen LogP contribution in [0.15, 0.2) is 41.5 Å². The van der Waals surface area contributed by atoms with Gasteiger partial charge in [0, 0.05) is 10.6 Å². The van der Waals surface area contributed by atoms with Crippen molar-refractivity contribution in [3.63, 3.8) is 0 Å². The smallest absolute Gasteiger partial charge is 0.295 e. The van der Waals surface area contributed by atoms with E-state index in [-0.39, 0.29) is 6.61 Å². The Labute approximate surface area is 134 Å². The Balaban J connectivity index is 2.34. The first-order valence-corrected chi connectivity index (χ1v) is 7.36. The second-order valence-electron chi connectivity index (χ2n) is 4.91. The molecule has 1 amide bonds. The monoisotopic (exact) mass is 316 g/mol. The fourth-order valence-corrected chi connectivity index (χ4v) is 2.44. The molecule has 2 aromatic rings. The number of hydrogen-bond donors (Lipinski definition) is 1. The van der Waals surface area contributed by atoms with Crippen molar-refractivity contribution >= 4 is 17.5 Å². The maximum Gasteiger partial charge on any atom is 0.295 e. The zero-order valence-corrected chi connectivity index (χ0v) is 13.3. The lowest BCUT2D eigenvalue weighted by Gasteiger charge is -2.14. The number of halogens is 1. The molecule has 0 heterocycles. The van der Waals surface area contributed by atoms with Gasteiger partial charge in [-0.3, -0.25) is 4.79 Å². The minimum absolute atomic E-state index is 0.238. The van der Waals surface area contributed by atoms with Crippen molar-refractivity contribution in [3.05, 3.63) is 63.7 Å². The second kappa shape index (κ2) is 7.18. The largest absolute Gasteiger partial charge is 0.489 e. The minimum Gasteiger partial charge on any atom is -0.489 e. The van der Waals surface area contributed by atoms with Crippen LogP contribution in [0.2, 0.25) is 5.02 Å². The van der Waals surface area contributed by atoms with Crippen molar-refractivity contribution in [2.24, 2.45) is 5.11 Å². The van der Waals surface area contributed by atoms with Gasteiger partial charge in [0.1, 0.15) is 12.4 Å². The number of amides is 1. The molecule has 2 aromatic carbocycles. The van der Waals surface area contributed by atoms with E-state index in [0.717, 1.165) is 23.1 Å². The molecule has 4 nitrogen and oxygen atoms in total. The summed E-state index contributed by atoms with van der Waals surface area (Å²) in [6, 6.07) is 10.9. The van der Waals surface area contributed by atoms with Gasteiger partial charge in [0.2, 0.25) is 0 Å². The third kappa shape index (κ3) is 3.52. The molecule has 5 heteroatoms. The summed E-state index contributed by atoms with van der Waals surface area (Å²) in [4.78, 5) is 11.8. The van der Waals surface area contributed by atoms with Gasteiger partial charge in [0.05, 0.1) is 5.56 Å². The zero-order valence-electron chi connectivity index (χ0n) is 12.5. The van der Waals surface area contributed by atoms with Gasteiger partial charge in [-0.25, -0.2) is 5.53 Å². The Kier molecular flexibility index (Phi) is 5.28. The van der Waals surface area contributed by atoms with Crippen molar-refractivity contribution in [3.8, 4) is 5.75 Å². The molecule has 0 aliphatic heterocycles. The van der Waals surface area contributed by atoms with Gasteiger partial charge in [-0.1, -0.05) is 36.7 Å². The zero-order chi connectivity index (χ0) is 16.1. The highest BCUT2D eigenvalue weighted by atomic mass is 35.5. The Morgan fingerprint density at radius 2 is 2.09 bits per heavy atom. The van der Waals surface area contributed by atoms with Gasteiger partial charge in [0.15, 0.2) is 0 Å². The molecule has 0 aromatic heterocycles. The summed E-state index contributed by atoms with van der Waals surface area (Å²) in [5.74, 6) is 0.122. The molecule has 0 radical (unpaired) electrons. The molecule has 0 atom stereocenters. The van der Waals surface area contributed by atoms with Crippen LogP contribution < -0.4 is 4.74 Å². The molecule has 2 rings (SSSR count). The third-order valence-electron chi connectivity index (χ3n) is 3.51. The van der Waals surface area contributed by atoms with E-state index in [1.165, 1.54) is 0 Å². The van der Waals surface area contributed by atoms with Crippen molar-refractivity contribution < 1.29 is 9.53 Å². The maximum atomic E-state index is 11.8. The summed E-state index contributed by atoms with van der Waals surface area (Å²) in [6.45, 7) is 4.18. The molecule has 0 saturated carbocycles. The molecule has 1 N–H and O–H groups in total. The van der Waals surface area contributed by atoms with Crippen molar-refractivity contribution in [2.45, 2.75) is 26.9 Å². The second-order valence-corrected chi connectivity index (χ2v) is 5.35. The predicted octanol–water partition coefficient (Wildman–Crippen LogP) is 4.96. The van der Waals surface area contributed by atoms with Crippen LogP contribution in [-0.2, 0) is 13.0 Å². The molecule has 0 saturated heterocycles. The number of aryl methyl sites for hydroxylation is 2. The number of rotatable bonds is 5. The first-order chi connectivity index (χ1) is 10.6. The van der Waals surface area contributed by atoms with Crippen molar-refractivity contribution in [1.29, 1.82) is 5.53 Å². The fourth-order valence-electron chi connectivity index (χ4n) is 2.28. The first kappa shape index (κ1) is 16.2. The standard InChI is InChI=1S/C17H17ClN2O2/c1-3-12-5-4-6-14(17(21)20-19)15(12)10-22-16-9-13(18)8-7-11(16)2/h4-9,19H,3,10H2,1-2H3. The molecular weight excluding hydrogens is 300 g/mol. The molecule has 0 unspecified atom stereocenters. The minimum atomic E-state index is -0.559. The Bertz CT molecular complexity index is 714. The van der Waals surface area contributed by atoms with Crippen molar-refractivity contribution in [2.75, 3.05) is 0 Å². The molecular formula is C17H17ClN2O2. The normalized spacial score (nSPS) is 10.3. The Hall–Kier alpha value is -2.20. The van der Waals surface area contributed by atoms with Crippen LogP contribution in [0.3, 0.4) is 0 Å². The molecule has 0 spiro atoms. The van der Waals surface area contributed by atoms with Crippen LogP contribution in [0.1, 0.15) is 34.0 Å². The highest BCUT2D eigenvalue weighted by Crippen LogP contribution is 2.25. The lowest BCUT2D eigenvalue weighted by Crippen LogP contribution is -2.08. The molecule has 0 aliphatic carbocycles. The summed E-state index contributed by atoms with van der Waals surface area (Å²) >= 11 is 5.99. The van der Waals surface area contributed by atoms with Crippen LogP contribution in [0.4, 0.5) is 0 Å². The van der Waals surface area contributed by atoms with E-state index in [9.17, 15) is 4.79 Å². The summed E-state index contributed by atoms with van der Waals surface area (Å²) < 4.78 is 5.84. The van der Waals surface area contributed by atoms with Crippen LogP contribution in [-0.4, -0.2) is 5.91 Å². The van der Waals surface area contributed by atoms with E-state index in [0.29, 0.717) is 16.3 Å². The molecule has 114 valence electrons. The van der Waals surface area contributed by atoms with Crippen LogP contribution in [0, 0.1) is 12.5 Å². The van der Waals surface area contributed by atoms with Crippen LogP contribution in [0.5, 0.6) is 5.75 Å². The number of ether oxygens (including phenoxy) is 1. The van der Waals surface area contributed by atoms with E-state index < -0.39 is 5.91 Å². The van der Waals surface area contributed by atoms with Gasteiger partial charge in [0.25, 0.3) is 5.91 Å². The topological polar surface area (TPSA) is 62.5 Å². The van der Waals surface area contributed by atoms with E-state index in [1.54, 1.807) is 24.3 Å². The van der Waals surface area contributed by atoms with Crippen LogP contribution >= 0.6 is 11.6 Å². The van der Waals surface area contributed by atoms with Gasteiger partial charge in [-0.05, 0) is 42.7 Å². The highest BCUT2D eigenvalue weighted by molar-refractivity contribution is 6.30. The van der Waals surface area contributed by atoms with Gasteiger partial charge in [-0.15, -0.1) is 5.11 Å². The molecule has 22 heavy (non-hydrogen) atoms. The first-order valence-electron chi connectivity index (χ1n) is 6.98. The summed E-state index contributed by atoms with van der Waals surface area (Å²) in [5, 5.41) is 3.61. The predicted molar refractivity (Wildman–Crippen MR) is 85.8 cm³/mol. The summed E-state index contributed by atoms with van der Waals surface area (Å²) in [6.07, 6.45) is 0.770. The number of nitrogens with one attached hydrogen (secondary N) is 1. The van der Waals surface area contributed by atoms with E-state index in [2.05, 4.69) is 5.11 Å². The third-order valence-corrected chi connectivity index (χ3v) is 3.74. The highest BCUT2D eigenvalue weighted by Gasteiger charge is 2.14. The van der Waals surface area contributed by atoms with E-state index >= 15 is 0 Å². The quantitative estimate of drug-likeness (QED) is 0.792. The molecule has 0 bridgehead atoms. The number of carbonyl (C=O) groups excluding carboxylic acids is 1. The van der Waals surface area contributed by atoms with E-state index in [1.807, 2.05) is 26.0 Å². The fraction of sp³-hybridized carbons (Fsp3) is 0.235. The lowest BCUT2D eigenvalue weighted by molar-refractivity contribution is 0.0988. The number of benzene rings is 2. The average Bonchev–Trinajstić information content (AvgIpc) is 2.54. The van der Waals surface area contributed by atoms with Crippen molar-refractivity contribution in [1.82, 2.24) is 0 Å². The average molecular weight is 317 g/mol. The number of nitrogens with zero attached hydrogens (tertiary/aromatic N) is 1. The molecule has 0 aliphatic rings. The maximum absolute atomic E-state index is 11.8. The summed E-state index contributed by atoms with van der Waals surface area (Å²) in [7, 11) is 0. The van der Waals surface area contributed by atoms with Crippen LogP contribution in [0.25, 0.3) is 0 Å². The van der Waals surface area contributed by atoms with E-state index in [4.69, 9.17) is 21.9 Å². The summed E-state index contributed by atoms with van der Waals surface area (Å²) in [5.41, 5.74) is 10.1. The Morgan fingerprint density at radius 3 is 2.77 bits per heavy atom. The van der Waals surface area contributed by atoms with Gasteiger partial charge in [-0.2, -0.15) is 0 Å². The lowest BCUT2D eigenvalue weighted by atomic mass is 9.99. The number of hydrogen-bond acceptors (Lipinski definition) is 3. The number of carbonyl (C=O) groups is 1. The molecule has 0 fully saturated rings. The Morgan fingerprint density at radius 1 is 1.32 bits per heavy atom. The SMILES string of the molecule is CCc1cccc(C(=O)N=N)c1COc1cc(Cl)ccc1C.